The SMILES string of the molecule is C[C@@H](OC(=O)c1ccccc1O)C(=O)Nc1ccc(Cl)cc1. The van der Waals surface area contributed by atoms with Crippen LogP contribution in [-0.4, -0.2) is 23.1 Å². The monoisotopic (exact) mass is 319 g/mol. The number of halogens is 1. The quantitative estimate of drug-likeness (QED) is 0.848. The molecule has 6 heteroatoms. The first-order valence-electron chi connectivity index (χ1n) is 6.53. The molecular formula is C16H14ClNO4. The highest BCUT2D eigenvalue weighted by Crippen LogP contribution is 2.18. The van der Waals surface area contributed by atoms with Crippen molar-refractivity contribution in [3.05, 3.63) is 59.1 Å². The van der Waals surface area contributed by atoms with Crippen molar-refractivity contribution in [1.29, 1.82) is 0 Å². The second kappa shape index (κ2) is 6.95. The lowest BCUT2D eigenvalue weighted by Gasteiger charge is -2.14. The van der Waals surface area contributed by atoms with Crippen LogP contribution in [0.3, 0.4) is 0 Å². The lowest BCUT2D eigenvalue weighted by Crippen LogP contribution is -2.30. The molecular weight excluding hydrogens is 306 g/mol. The first-order valence-corrected chi connectivity index (χ1v) is 6.90. The Balaban J connectivity index is 1.98. The summed E-state index contributed by atoms with van der Waals surface area (Å²) in [6.07, 6.45) is -1.01. The molecule has 0 radical (unpaired) electrons. The fraction of sp³-hybridized carbons (Fsp3) is 0.125. The number of amides is 1. The number of benzene rings is 2. The van der Waals surface area contributed by atoms with Crippen LogP contribution >= 0.6 is 11.6 Å². The van der Waals surface area contributed by atoms with Crippen molar-refractivity contribution >= 4 is 29.2 Å². The number of carbonyl (C=O) groups excluding carboxylic acids is 2. The average molecular weight is 320 g/mol. The molecule has 114 valence electrons. The number of ether oxygens (including phenoxy) is 1. The molecule has 2 aromatic carbocycles. The summed E-state index contributed by atoms with van der Waals surface area (Å²) in [7, 11) is 0. The summed E-state index contributed by atoms with van der Waals surface area (Å²) >= 11 is 5.76. The van der Waals surface area contributed by atoms with Crippen LogP contribution < -0.4 is 5.32 Å². The van der Waals surface area contributed by atoms with Crippen LogP contribution in [-0.2, 0) is 9.53 Å². The first-order chi connectivity index (χ1) is 10.5. The maximum Gasteiger partial charge on any atom is 0.342 e. The number of aromatic hydroxyl groups is 1. The highest BCUT2D eigenvalue weighted by molar-refractivity contribution is 6.30. The Bertz CT molecular complexity index is 685. The highest BCUT2D eigenvalue weighted by atomic mass is 35.5. The van der Waals surface area contributed by atoms with Gasteiger partial charge in [-0.15, -0.1) is 0 Å². The van der Waals surface area contributed by atoms with Crippen molar-refractivity contribution in [3.63, 3.8) is 0 Å². The number of hydrogen-bond acceptors (Lipinski definition) is 4. The van der Waals surface area contributed by atoms with E-state index in [1.54, 1.807) is 36.4 Å². The molecule has 0 saturated carbocycles. The van der Waals surface area contributed by atoms with Crippen LogP contribution in [0.2, 0.25) is 5.02 Å². The van der Waals surface area contributed by atoms with Gasteiger partial charge >= 0.3 is 5.97 Å². The fourth-order valence-electron chi connectivity index (χ4n) is 1.70. The zero-order chi connectivity index (χ0) is 16.1. The molecule has 0 heterocycles. The van der Waals surface area contributed by atoms with Crippen LogP contribution in [0.5, 0.6) is 5.75 Å². The van der Waals surface area contributed by atoms with Crippen molar-refractivity contribution in [3.8, 4) is 5.75 Å². The Hall–Kier alpha value is -2.53. The molecule has 0 aliphatic carbocycles. The second-order valence-corrected chi connectivity index (χ2v) is 5.00. The number of nitrogens with one attached hydrogen (secondary N) is 1. The van der Waals surface area contributed by atoms with Gasteiger partial charge in [0.05, 0.1) is 0 Å². The van der Waals surface area contributed by atoms with Crippen LogP contribution in [0.25, 0.3) is 0 Å². The number of phenolic OH excluding ortho intramolecular Hbond substituents is 1. The van der Waals surface area contributed by atoms with E-state index in [2.05, 4.69) is 5.32 Å². The van der Waals surface area contributed by atoms with Crippen LogP contribution in [0.1, 0.15) is 17.3 Å². The molecule has 5 nitrogen and oxygen atoms in total. The van der Waals surface area contributed by atoms with E-state index in [1.807, 2.05) is 0 Å². The molecule has 1 atom stereocenters. The van der Waals surface area contributed by atoms with Crippen LogP contribution in [0, 0.1) is 0 Å². The van der Waals surface area contributed by atoms with E-state index in [4.69, 9.17) is 16.3 Å². The number of anilines is 1. The number of esters is 1. The van der Waals surface area contributed by atoms with Gasteiger partial charge in [0.1, 0.15) is 11.3 Å². The standard InChI is InChI=1S/C16H14ClNO4/c1-10(15(20)18-12-8-6-11(17)7-9-12)22-16(21)13-4-2-3-5-14(13)19/h2-10,19H,1H3,(H,18,20)/t10-/m1/s1. The molecule has 1 amide bonds. The molecule has 0 saturated heterocycles. The van der Waals surface area contributed by atoms with Gasteiger partial charge in [0.15, 0.2) is 6.10 Å². The Labute approximate surface area is 132 Å². The number of rotatable bonds is 4. The van der Waals surface area contributed by atoms with Gasteiger partial charge in [-0.25, -0.2) is 4.79 Å². The number of carbonyl (C=O) groups is 2. The molecule has 2 rings (SSSR count). The molecule has 2 aromatic rings. The van der Waals surface area contributed by atoms with Gasteiger partial charge in [-0.05, 0) is 43.3 Å². The molecule has 2 N–H and O–H groups in total. The van der Waals surface area contributed by atoms with Crippen molar-refractivity contribution in [2.75, 3.05) is 5.32 Å². The van der Waals surface area contributed by atoms with Crippen LogP contribution in [0.4, 0.5) is 5.69 Å². The summed E-state index contributed by atoms with van der Waals surface area (Å²) < 4.78 is 5.04. The van der Waals surface area contributed by atoms with Crippen LogP contribution in [0.15, 0.2) is 48.5 Å². The molecule has 0 bridgehead atoms. The predicted octanol–water partition coefficient (Wildman–Crippen LogP) is 3.23. The minimum atomic E-state index is -1.01. The van der Waals surface area contributed by atoms with Gasteiger partial charge in [0.25, 0.3) is 5.91 Å². The Morgan fingerprint density at radius 3 is 2.41 bits per heavy atom. The zero-order valence-corrected chi connectivity index (χ0v) is 12.5. The normalized spacial score (nSPS) is 11.5. The van der Waals surface area contributed by atoms with E-state index in [-0.39, 0.29) is 11.3 Å². The summed E-state index contributed by atoms with van der Waals surface area (Å²) in [6, 6.07) is 12.5. The predicted molar refractivity (Wildman–Crippen MR) is 83.1 cm³/mol. The lowest BCUT2D eigenvalue weighted by atomic mass is 10.2. The third-order valence-corrected chi connectivity index (χ3v) is 3.14. The second-order valence-electron chi connectivity index (χ2n) is 4.56. The highest BCUT2D eigenvalue weighted by Gasteiger charge is 2.20. The van der Waals surface area contributed by atoms with E-state index < -0.39 is 18.0 Å². The summed E-state index contributed by atoms with van der Waals surface area (Å²) in [6.45, 7) is 1.45. The Morgan fingerprint density at radius 2 is 1.77 bits per heavy atom. The molecule has 0 spiro atoms. The van der Waals surface area contributed by atoms with Crippen molar-refractivity contribution in [2.24, 2.45) is 0 Å². The number of para-hydroxylation sites is 1. The Kier molecular flexibility index (Phi) is 5.01. The molecule has 0 aliphatic rings. The van der Waals surface area contributed by atoms with Gasteiger partial charge in [0, 0.05) is 10.7 Å². The molecule has 0 aliphatic heterocycles. The van der Waals surface area contributed by atoms with E-state index in [0.29, 0.717) is 10.7 Å². The van der Waals surface area contributed by atoms with Gasteiger partial charge in [-0.1, -0.05) is 23.7 Å². The Morgan fingerprint density at radius 1 is 1.14 bits per heavy atom. The van der Waals surface area contributed by atoms with Gasteiger partial charge in [0.2, 0.25) is 0 Å². The fourth-order valence-corrected chi connectivity index (χ4v) is 1.83. The van der Waals surface area contributed by atoms with Crippen molar-refractivity contribution in [2.45, 2.75) is 13.0 Å². The minimum Gasteiger partial charge on any atom is -0.507 e. The zero-order valence-electron chi connectivity index (χ0n) is 11.7. The molecule has 0 unspecified atom stereocenters. The average Bonchev–Trinajstić information content (AvgIpc) is 2.49. The molecule has 22 heavy (non-hydrogen) atoms. The van der Waals surface area contributed by atoms with Gasteiger partial charge in [-0.2, -0.15) is 0 Å². The third-order valence-electron chi connectivity index (χ3n) is 2.89. The van der Waals surface area contributed by atoms with Gasteiger partial charge < -0.3 is 15.2 Å². The number of phenols is 1. The van der Waals surface area contributed by atoms with Gasteiger partial charge in [-0.3, -0.25) is 4.79 Å². The van der Waals surface area contributed by atoms with E-state index >= 15 is 0 Å². The topological polar surface area (TPSA) is 75.6 Å². The maximum absolute atomic E-state index is 12.0. The van der Waals surface area contributed by atoms with E-state index in [1.165, 1.54) is 19.1 Å². The summed E-state index contributed by atoms with van der Waals surface area (Å²) in [5, 5.41) is 12.7. The minimum absolute atomic E-state index is 0.00800. The van der Waals surface area contributed by atoms with E-state index in [0.717, 1.165) is 0 Å². The first kappa shape index (κ1) is 15.9. The molecule has 0 aromatic heterocycles. The summed E-state index contributed by atoms with van der Waals surface area (Å²) in [5.74, 6) is -1.44. The van der Waals surface area contributed by atoms with E-state index in [9.17, 15) is 14.7 Å². The lowest BCUT2D eigenvalue weighted by molar-refractivity contribution is -0.123. The number of hydrogen-bond donors (Lipinski definition) is 2. The summed E-state index contributed by atoms with van der Waals surface area (Å²) in [5.41, 5.74) is 0.550. The van der Waals surface area contributed by atoms with Crippen molar-refractivity contribution < 1.29 is 19.4 Å². The smallest absolute Gasteiger partial charge is 0.342 e. The third kappa shape index (κ3) is 3.99. The van der Waals surface area contributed by atoms with Crippen molar-refractivity contribution in [1.82, 2.24) is 0 Å². The summed E-state index contributed by atoms with van der Waals surface area (Å²) in [4.78, 5) is 23.9. The maximum atomic E-state index is 12.0. The molecule has 0 fully saturated rings. The largest absolute Gasteiger partial charge is 0.507 e.